The van der Waals surface area contributed by atoms with Crippen molar-refractivity contribution in [1.82, 2.24) is 0 Å². The third-order valence-corrected chi connectivity index (χ3v) is 1.52. The second-order valence-corrected chi connectivity index (χ2v) is 2.58. The summed E-state index contributed by atoms with van der Waals surface area (Å²) in [6.45, 7) is 0. The van der Waals surface area contributed by atoms with Gasteiger partial charge in [0.25, 0.3) is 0 Å². The molecule has 9 nitrogen and oxygen atoms in total. The van der Waals surface area contributed by atoms with Gasteiger partial charge in [-0.15, -0.1) is 0 Å². The molecule has 0 saturated carbocycles. The average Bonchev–Trinajstić information content (AvgIpc) is 2.25. The van der Waals surface area contributed by atoms with E-state index >= 15 is 0 Å². The highest BCUT2D eigenvalue weighted by atomic mass is 17.1. The smallest absolute Gasteiger partial charge is 0.372 e. The molecule has 9 heteroatoms. The number of rotatable bonds is 5. The van der Waals surface area contributed by atoms with Crippen LogP contribution in [0.2, 0.25) is 0 Å². The molecule has 3 unspecified atom stereocenters. The van der Waals surface area contributed by atoms with Crippen LogP contribution in [0.4, 0.5) is 0 Å². The molecule has 5 N–H and O–H groups in total. The molecule has 0 aromatic carbocycles. The lowest BCUT2D eigenvalue weighted by molar-refractivity contribution is -0.249. The zero-order valence-electron chi connectivity index (χ0n) is 7.31. The van der Waals surface area contributed by atoms with E-state index in [0.29, 0.717) is 0 Å². The molecule has 0 aromatic rings. The number of hydrogen-bond donors (Lipinski definition) is 5. The first-order valence-electron chi connectivity index (χ1n) is 3.68. The topological polar surface area (TPSA) is 154 Å². The molecule has 3 atom stereocenters. The summed E-state index contributed by atoms with van der Waals surface area (Å²) in [6.07, 6.45) is -6.70. The molecule has 88 valence electrons. The number of aliphatic hydroxyl groups is 3. The van der Waals surface area contributed by atoms with Crippen LogP contribution in [0.25, 0.3) is 0 Å². The molecule has 0 heterocycles. The normalized spacial score (nSPS) is 16.3. The second-order valence-electron chi connectivity index (χ2n) is 2.58. The number of aliphatic hydroxyl groups excluding tert-OH is 3. The van der Waals surface area contributed by atoms with Gasteiger partial charge in [0.2, 0.25) is 0 Å². The first kappa shape index (κ1) is 13.7. The van der Waals surface area contributed by atoms with Gasteiger partial charge >= 0.3 is 11.9 Å². The number of carbonyl (C=O) groups excluding carboxylic acids is 2. The van der Waals surface area contributed by atoms with Crippen LogP contribution in [0.15, 0.2) is 0 Å². The predicted molar refractivity (Wildman–Crippen MR) is 40.1 cm³/mol. The fourth-order valence-corrected chi connectivity index (χ4v) is 0.726. The van der Waals surface area contributed by atoms with Crippen molar-refractivity contribution in [3.05, 3.63) is 0 Å². The molecule has 0 amide bonds. The van der Waals surface area contributed by atoms with Crippen molar-refractivity contribution in [3.8, 4) is 0 Å². The van der Waals surface area contributed by atoms with Gasteiger partial charge in [-0.05, 0) is 0 Å². The van der Waals surface area contributed by atoms with Gasteiger partial charge in [0, 0.05) is 6.42 Å². The zero-order valence-corrected chi connectivity index (χ0v) is 7.31. The van der Waals surface area contributed by atoms with Crippen LogP contribution in [-0.2, 0) is 19.4 Å². The van der Waals surface area contributed by atoms with Gasteiger partial charge in [-0.3, -0.25) is 9.78 Å². The summed E-state index contributed by atoms with van der Waals surface area (Å²) in [6, 6.07) is 0. The van der Waals surface area contributed by atoms with Crippen molar-refractivity contribution < 1.29 is 45.2 Å². The third-order valence-electron chi connectivity index (χ3n) is 1.52. The Labute approximate surface area is 82.9 Å². The molecule has 0 bridgehead atoms. The minimum absolute atomic E-state index is 0.782. The maximum Gasteiger partial charge on any atom is 0.372 e. The van der Waals surface area contributed by atoms with E-state index in [-0.39, 0.29) is 0 Å². The van der Waals surface area contributed by atoms with E-state index in [1.165, 1.54) is 0 Å². The minimum Gasteiger partial charge on any atom is -0.390 e. The summed E-state index contributed by atoms with van der Waals surface area (Å²) in [5.41, 5.74) is 0. The van der Waals surface area contributed by atoms with Crippen LogP contribution in [0, 0.1) is 0 Å². The molecule has 0 saturated heterocycles. The second kappa shape index (κ2) is 6.27. The summed E-state index contributed by atoms with van der Waals surface area (Å²) >= 11 is 0. The summed E-state index contributed by atoms with van der Waals surface area (Å²) in [5.74, 6) is -3.01. The van der Waals surface area contributed by atoms with Gasteiger partial charge in [-0.1, -0.05) is 0 Å². The van der Waals surface area contributed by atoms with Crippen LogP contribution in [0.1, 0.15) is 6.42 Å². The first-order chi connectivity index (χ1) is 6.93. The average molecular weight is 226 g/mol. The van der Waals surface area contributed by atoms with Gasteiger partial charge in [0.05, 0.1) is 6.10 Å². The Morgan fingerprint density at radius 1 is 1.00 bits per heavy atom. The SMILES string of the molecule is O=C(OO)C(O)CC(O)C(O)C(=O)OO. The zero-order chi connectivity index (χ0) is 12.0. The summed E-state index contributed by atoms with van der Waals surface area (Å²) in [4.78, 5) is 27.1. The predicted octanol–water partition coefficient (Wildman–Crippen LogP) is -2.51. The van der Waals surface area contributed by atoms with E-state index in [0.717, 1.165) is 0 Å². The van der Waals surface area contributed by atoms with Crippen molar-refractivity contribution in [2.24, 2.45) is 0 Å². The fourth-order valence-electron chi connectivity index (χ4n) is 0.726. The monoisotopic (exact) mass is 226 g/mol. The van der Waals surface area contributed by atoms with Crippen molar-refractivity contribution >= 4 is 11.9 Å². The van der Waals surface area contributed by atoms with E-state index in [9.17, 15) is 9.59 Å². The third kappa shape index (κ3) is 4.18. The van der Waals surface area contributed by atoms with E-state index in [1.807, 2.05) is 0 Å². The van der Waals surface area contributed by atoms with Gasteiger partial charge in [-0.2, -0.15) is 10.5 Å². The lowest BCUT2D eigenvalue weighted by Gasteiger charge is -2.16. The Kier molecular flexibility index (Phi) is 5.74. The van der Waals surface area contributed by atoms with Gasteiger partial charge in [0.15, 0.2) is 12.2 Å². The quantitative estimate of drug-likeness (QED) is 0.252. The van der Waals surface area contributed by atoms with Crippen molar-refractivity contribution in [2.45, 2.75) is 24.7 Å². The highest BCUT2D eigenvalue weighted by Gasteiger charge is 2.31. The fraction of sp³-hybridized carbons (Fsp3) is 0.667. The summed E-state index contributed by atoms with van der Waals surface area (Å²) in [7, 11) is 0. The van der Waals surface area contributed by atoms with Crippen LogP contribution in [0.5, 0.6) is 0 Å². The lowest BCUT2D eigenvalue weighted by Crippen LogP contribution is -2.39. The van der Waals surface area contributed by atoms with Crippen LogP contribution < -0.4 is 0 Å². The van der Waals surface area contributed by atoms with Gasteiger partial charge in [0.1, 0.15) is 0 Å². The van der Waals surface area contributed by atoms with E-state index < -0.39 is 36.7 Å². The molecule has 0 radical (unpaired) electrons. The maximum atomic E-state index is 10.4. The molecule has 0 fully saturated rings. The van der Waals surface area contributed by atoms with Crippen LogP contribution >= 0.6 is 0 Å². The Bertz CT molecular complexity index is 227. The molecule has 15 heavy (non-hydrogen) atoms. The van der Waals surface area contributed by atoms with Crippen LogP contribution in [0.3, 0.4) is 0 Å². The van der Waals surface area contributed by atoms with Crippen molar-refractivity contribution in [1.29, 1.82) is 0 Å². The molecule has 0 aliphatic carbocycles. The van der Waals surface area contributed by atoms with E-state index in [2.05, 4.69) is 9.78 Å². The summed E-state index contributed by atoms with van der Waals surface area (Å²) in [5, 5.41) is 42.4. The summed E-state index contributed by atoms with van der Waals surface area (Å²) < 4.78 is 0. The lowest BCUT2D eigenvalue weighted by atomic mass is 10.1. The van der Waals surface area contributed by atoms with Crippen molar-refractivity contribution in [2.75, 3.05) is 0 Å². The van der Waals surface area contributed by atoms with Gasteiger partial charge < -0.3 is 15.3 Å². The van der Waals surface area contributed by atoms with Crippen LogP contribution in [-0.4, -0.2) is 56.1 Å². The molecule has 0 spiro atoms. The Morgan fingerprint density at radius 3 is 1.87 bits per heavy atom. The standard InChI is InChI=1S/C6H10O9/c7-2(4(9)6(11)15-13)1-3(8)5(10)14-12/h2-4,7-9,12-13H,1H2. The first-order valence-corrected chi connectivity index (χ1v) is 3.68. The number of carbonyl (C=O) groups is 2. The molecule has 0 aliphatic heterocycles. The maximum absolute atomic E-state index is 10.4. The largest absolute Gasteiger partial charge is 0.390 e. The van der Waals surface area contributed by atoms with Gasteiger partial charge in [-0.25, -0.2) is 9.59 Å². The molecule has 0 aliphatic rings. The van der Waals surface area contributed by atoms with E-state index in [4.69, 9.17) is 25.8 Å². The Morgan fingerprint density at radius 2 is 1.47 bits per heavy atom. The molecule has 0 rings (SSSR count). The highest BCUT2D eigenvalue weighted by molar-refractivity contribution is 5.75. The molecular weight excluding hydrogens is 216 g/mol. The number of hydrogen-bond acceptors (Lipinski definition) is 9. The Hall–Kier alpha value is -1.26. The van der Waals surface area contributed by atoms with Crippen molar-refractivity contribution in [3.63, 3.8) is 0 Å². The minimum atomic E-state index is -2.13. The Balaban J connectivity index is 4.17. The van der Waals surface area contributed by atoms with E-state index in [1.54, 1.807) is 0 Å². The highest BCUT2D eigenvalue weighted by Crippen LogP contribution is 2.05. The molecular formula is C6H10O9. The molecule has 0 aromatic heterocycles.